The highest BCUT2D eigenvalue weighted by Crippen LogP contribution is 2.42. The first-order valence-corrected chi connectivity index (χ1v) is 4.99. The second-order valence-corrected chi connectivity index (χ2v) is 4.24. The predicted molar refractivity (Wildman–Crippen MR) is 54.4 cm³/mol. The molecule has 1 fully saturated rings. The molecular weight excluding hydrogens is 216 g/mol. The molecule has 0 atom stereocenters. The van der Waals surface area contributed by atoms with E-state index in [1.807, 2.05) is 0 Å². The first kappa shape index (κ1) is 11.1. The Bertz CT molecular complexity index is 430. The van der Waals surface area contributed by atoms with Crippen LogP contribution in [0.3, 0.4) is 0 Å². The minimum Gasteiger partial charge on any atom is -0.505 e. The van der Waals surface area contributed by atoms with E-state index in [2.05, 4.69) is 0 Å². The molecule has 3 N–H and O–H groups in total. The van der Waals surface area contributed by atoms with E-state index in [0.29, 0.717) is 6.07 Å². The fourth-order valence-corrected chi connectivity index (χ4v) is 1.72. The number of halogens is 2. The number of benzene rings is 1. The van der Waals surface area contributed by atoms with Crippen LogP contribution in [0, 0.1) is 11.6 Å². The van der Waals surface area contributed by atoms with Crippen molar-refractivity contribution in [3.8, 4) is 11.5 Å². The van der Waals surface area contributed by atoms with E-state index in [1.54, 1.807) is 0 Å². The summed E-state index contributed by atoms with van der Waals surface area (Å²) in [4.78, 5) is 0. The number of methoxy groups -OCH3 is 1. The third kappa shape index (κ3) is 1.82. The largest absolute Gasteiger partial charge is 0.505 e. The number of phenols is 1. The van der Waals surface area contributed by atoms with Gasteiger partial charge in [0.2, 0.25) is 0 Å². The number of hydrogen-bond acceptors (Lipinski definition) is 3. The first-order chi connectivity index (χ1) is 7.47. The van der Waals surface area contributed by atoms with E-state index in [4.69, 9.17) is 10.5 Å². The van der Waals surface area contributed by atoms with Crippen LogP contribution in [0.4, 0.5) is 8.78 Å². The lowest BCUT2D eigenvalue weighted by Crippen LogP contribution is -2.25. The number of aromatic hydroxyl groups is 1. The molecule has 0 amide bonds. The van der Waals surface area contributed by atoms with Crippen molar-refractivity contribution in [1.29, 1.82) is 0 Å². The molecule has 0 aliphatic heterocycles. The zero-order valence-electron chi connectivity index (χ0n) is 8.89. The summed E-state index contributed by atoms with van der Waals surface area (Å²) in [5.74, 6) is -2.51. The lowest BCUT2D eigenvalue weighted by atomic mass is 10.0. The summed E-state index contributed by atoms with van der Waals surface area (Å²) in [6, 6.07) is 0.605. The molecule has 0 saturated heterocycles. The fraction of sp³-hybridized carbons (Fsp3) is 0.455. The maximum atomic E-state index is 13.4. The van der Waals surface area contributed by atoms with Crippen molar-refractivity contribution < 1.29 is 18.6 Å². The molecule has 1 aliphatic carbocycles. The summed E-state index contributed by atoms with van der Waals surface area (Å²) < 4.78 is 31.4. The molecule has 1 aliphatic rings. The first-order valence-electron chi connectivity index (χ1n) is 4.99. The third-order valence-corrected chi connectivity index (χ3v) is 2.88. The number of nitrogens with two attached hydrogens (primary N) is 1. The van der Waals surface area contributed by atoms with E-state index in [0.717, 1.165) is 12.8 Å². The molecule has 0 radical (unpaired) electrons. The Kier molecular flexibility index (Phi) is 2.50. The van der Waals surface area contributed by atoms with Crippen molar-refractivity contribution in [2.45, 2.75) is 24.8 Å². The van der Waals surface area contributed by atoms with Crippen molar-refractivity contribution >= 4 is 0 Å². The van der Waals surface area contributed by atoms with Crippen LogP contribution in [0.2, 0.25) is 0 Å². The predicted octanol–water partition coefficient (Wildman–Crippen LogP) is 1.71. The molecule has 0 heterocycles. The minimum atomic E-state index is -0.988. The van der Waals surface area contributed by atoms with Gasteiger partial charge in [0.1, 0.15) is 0 Å². The second kappa shape index (κ2) is 3.59. The van der Waals surface area contributed by atoms with Gasteiger partial charge in [-0.1, -0.05) is 0 Å². The third-order valence-electron chi connectivity index (χ3n) is 2.88. The minimum absolute atomic E-state index is 0.111. The van der Waals surface area contributed by atoms with Gasteiger partial charge in [-0.15, -0.1) is 0 Å². The van der Waals surface area contributed by atoms with Crippen molar-refractivity contribution in [2.75, 3.05) is 7.11 Å². The molecule has 0 bridgehead atoms. The Morgan fingerprint density at radius 2 is 2.06 bits per heavy atom. The molecule has 0 spiro atoms. The van der Waals surface area contributed by atoms with E-state index >= 15 is 0 Å². The van der Waals surface area contributed by atoms with E-state index < -0.39 is 22.9 Å². The van der Waals surface area contributed by atoms with Crippen LogP contribution in [0.25, 0.3) is 0 Å². The highest BCUT2D eigenvalue weighted by molar-refractivity contribution is 5.47. The SMILES string of the molecule is COc1c(F)cc(F)c(O)c1CC1(N)CC1. The average Bonchev–Trinajstić information content (AvgIpc) is 2.93. The molecule has 0 unspecified atom stereocenters. The highest BCUT2D eigenvalue weighted by Gasteiger charge is 2.40. The molecule has 1 aromatic rings. The number of phenolic OH excluding ortho intramolecular Hbond substituents is 1. The molecule has 16 heavy (non-hydrogen) atoms. The van der Waals surface area contributed by atoms with E-state index in [1.165, 1.54) is 7.11 Å². The lowest BCUT2D eigenvalue weighted by molar-refractivity contribution is 0.359. The Hall–Kier alpha value is -1.36. The van der Waals surface area contributed by atoms with Crippen molar-refractivity contribution in [1.82, 2.24) is 0 Å². The Morgan fingerprint density at radius 3 is 2.56 bits per heavy atom. The zero-order chi connectivity index (χ0) is 11.9. The Morgan fingerprint density at radius 1 is 1.44 bits per heavy atom. The van der Waals surface area contributed by atoms with Crippen LogP contribution < -0.4 is 10.5 Å². The van der Waals surface area contributed by atoms with Crippen molar-refractivity contribution in [2.24, 2.45) is 5.73 Å². The fourth-order valence-electron chi connectivity index (χ4n) is 1.72. The standard InChI is InChI=1S/C11H13F2NO2/c1-16-10-6(5-11(14)2-3-11)9(15)7(12)4-8(10)13/h4,15H,2-3,5,14H2,1H3. The van der Waals surface area contributed by atoms with E-state index in [9.17, 15) is 13.9 Å². The van der Waals surface area contributed by atoms with Crippen molar-refractivity contribution in [3.63, 3.8) is 0 Å². The number of ether oxygens (including phenoxy) is 1. The van der Waals surface area contributed by atoms with Crippen LogP contribution in [0.1, 0.15) is 18.4 Å². The molecule has 88 valence electrons. The van der Waals surface area contributed by atoms with Gasteiger partial charge < -0.3 is 15.6 Å². The number of hydrogen-bond donors (Lipinski definition) is 2. The molecule has 5 heteroatoms. The lowest BCUT2D eigenvalue weighted by Gasteiger charge is -2.15. The van der Waals surface area contributed by atoms with Gasteiger partial charge in [0.05, 0.1) is 7.11 Å². The van der Waals surface area contributed by atoms with Crippen LogP contribution in [0.15, 0.2) is 6.07 Å². The van der Waals surface area contributed by atoms with Gasteiger partial charge in [0.25, 0.3) is 0 Å². The van der Waals surface area contributed by atoms with Gasteiger partial charge >= 0.3 is 0 Å². The maximum absolute atomic E-state index is 13.4. The quantitative estimate of drug-likeness (QED) is 0.829. The molecule has 1 aromatic carbocycles. The molecule has 2 rings (SSSR count). The van der Waals surface area contributed by atoms with Gasteiger partial charge in [0.15, 0.2) is 23.1 Å². The smallest absolute Gasteiger partial charge is 0.168 e. The molecule has 3 nitrogen and oxygen atoms in total. The van der Waals surface area contributed by atoms with Gasteiger partial charge in [-0.05, 0) is 19.3 Å². The average molecular weight is 229 g/mol. The zero-order valence-corrected chi connectivity index (χ0v) is 8.89. The molecular formula is C11H13F2NO2. The van der Waals surface area contributed by atoms with E-state index in [-0.39, 0.29) is 17.7 Å². The number of rotatable bonds is 3. The summed E-state index contributed by atoms with van der Waals surface area (Å²) in [5, 5.41) is 9.55. The topological polar surface area (TPSA) is 55.5 Å². The summed E-state index contributed by atoms with van der Waals surface area (Å²) in [7, 11) is 1.27. The molecule has 1 saturated carbocycles. The van der Waals surface area contributed by atoms with Gasteiger partial charge in [0, 0.05) is 17.2 Å². The summed E-state index contributed by atoms with van der Waals surface area (Å²) in [5.41, 5.74) is 5.52. The second-order valence-electron chi connectivity index (χ2n) is 4.24. The summed E-state index contributed by atoms with van der Waals surface area (Å²) >= 11 is 0. The maximum Gasteiger partial charge on any atom is 0.168 e. The van der Waals surface area contributed by atoms with Crippen LogP contribution in [-0.2, 0) is 6.42 Å². The normalized spacial score (nSPS) is 17.2. The van der Waals surface area contributed by atoms with Crippen LogP contribution in [0.5, 0.6) is 11.5 Å². The summed E-state index contributed by atoms with van der Waals surface area (Å²) in [6.45, 7) is 0. The van der Waals surface area contributed by atoms with Crippen LogP contribution >= 0.6 is 0 Å². The van der Waals surface area contributed by atoms with Crippen molar-refractivity contribution in [3.05, 3.63) is 23.3 Å². The van der Waals surface area contributed by atoms with Gasteiger partial charge in [-0.2, -0.15) is 0 Å². The molecule has 0 aromatic heterocycles. The Balaban J connectivity index is 2.47. The van der Waals surface area contributed by atoms with Gasteiger partial charge in [-0.25, -0.2) is 8.78 Å². The van der Waals surface area contributed by atoms with Gasteiger partial charge in [-0.3, -0.25) is 0 Å². The monoisotopic (exact) mass is 229 g/mol. The summed E-state index contributed by atoms with van der Waals surface area (Å²) in [6.07, 6.45) is 1.79. The Labute approximate surface area is 91.8 Å². The highest BCUT2D eigenvalue weighted by atomic mass is 19.1. The van der Waals surface area contributed by atoms with Crippen LogP contribution in [-0.4, -0.2) is 17.8 Å².